The van der Waals surface area contributed by atoms with E-state index in [1.807, 2.05) is 43.3 Å². The van der Waals surface area contributed by atoms with Crippen molar-refractivity contribution in [3.63, 3.8) is 0 Å². The third-order valence-electron chi connectivity index (χ3n) is 4.78. The van der Waals surface area contributed by atoms with Crippen molar-refractivity contribution in [2.75, 3.05) is 13.7 Å². The maximum absolute atomic E-state index is 12.4. The molecule has 2 N–H and O–H groups in total. The van der Waals surface area contributed by atoms with Crippen LogP contribution in [0, 0.1) is 6.92 Å². The van der Waals surface area contributed by atoms with Crippen LogP contribution in [0.2, 0.25) is 0 Å². The summed E-state index contributed by atoms with van der Waals surface area (Å²) in [5.74, 6) is 0.643. The molecule has 2 aromatic carbocycles. The summed E-state index contributed by atoms with van der Waals surface area (Å²) in [6.07, 6.45) is 2.44. The van der Waals surface area contributed by atoms with E-state index in [1.54, 1.807) is 13.2 Å². The zero-order valence-corrected chi connectivity index (χ0v) is 14.1. The number of carbonyl (C=O) groups excluding carboxylic acids is 1. The van der Waals surface area contributed by atoms with Crippen molar-refractivity contribution in [2.24, 2.45) is 0 Å². The first-order valence-corrected chi connectivity index (χ1v) is 8.27. The number of fused-ring (bicyclic) bond motifs is 1. The Labute approximate surface area is 142 Å². The first kappa shape index (κ1) is 16.5. The SMILES string of the molecule is COc1ccc2c(c1)CCCC2(O)CNC(=O)c1ccccc1C. The number of ether oxygens (including phenoxy) is 1. The standard InChI is InChI=1S/C20H23NO3/c1-14-6-3-4-8-17(14)19(22)21-13-20(23)11-5-7-15-12-16(24-2)9-10-18(15)20/h3-4,6,8-10,12,23H,5,7,11,13H2,1-2H3,(H,21,22). The Kier molecular flexibility index (Phi) is 4.58. The summed E-state index contributed by atoms with van der Waals surface area (Å²) in [5.41, 5.74) is 2.52. The molecule has 0 spiro atoms. The third kappa shape index (κ3) is 3.15. The quantitative estimate of drug-likeness (QED) is 0.908. The summed E-state index contributed by atoms with van der Waals surface area (Å²) in [6.45, 7) is 2.12. The number of carbonyl (C=O) groups is 1. The van der Waals surface area contributed by atoms with E-state index in [2.05, 4.69) is 5.32 Å². The molecule has 0 fully saturated rings. The molecule has 0 saturated heterocycles. The second-order valence-electron chi connectivity index (χ2n) is 6.41. The van der Waals surface area contributed by atoms with Crippen molar-refractivity contribution in [3.8, 4) is 5.75 Å². The minimum Gasteiger partial charge on any atom is -0.497 e. The van der Waals surface area contributed by atoms with Crippen LogP contribution in [-0.4, -0.2) is 24.7 Å². The molecule has 24 heavy (non-hydrogen) atoms. The van der Waals surface area contributed by atoms with Gasteiger partial charge in [0.05, 0.1) is 13.7 Å². The monoisotopic (exact) mass is 325 g/mol. The summed E-state index contributed by atoms with van der Waals surface area (Å²) in [7, 11) is 1.64. The molecule has 0 aromatic heterocycles. The summed E-state index contributed by atoms with van der Waals surface area (Å²) >= 11 is 0. The normalized spacial score (nSPS) is 19.5. The summed E-state index contributed by atoms with van der Waals surface area (Å²) in [6, 6.07) is 13.2. The van der Waals surface area contributed by atoms with Crippen LogP contribution in [0.15, 0.2) is 42.5 Å². The Balaban J connectivity index is 1.78. The Morgan fingerprint density at radius 1 is 1.29 bits per heavy atom. The highest BCUT2D eigenvalue weighted by Gasteiger charge is 2.35. The molecule has 4 heteroatoms. The molecule has 126 valence electrons. The zero-order valence-electron chi connectivity index (χ0n) is 14.1. The van der Waals surface area contributed by atoms with Gasteiger partial charge >= 0.3 is 0 Å². The fourth-order valence-electron chi connectivity index (χ4n) is 3.40. The lowest BCUT2D eigenvalue weighted by Gasteiger charge is -2.35. The molecule has 0 saturated carbocycles. The van der Waals surface area contributed by atoms with Crippen LogP contribution in [0.3, 0.4) is 0 Å². The van der Waals surface area contributed by atoms with Crippen molar-refractivity contribution < 1.29 is 14.6 Å². The highest BCUT2D eigenvalue weighted by atomic mass is 16.5. The molecule has 0 bridgehead atoms. The summed E-state index contributed by atoms with van der Waals surface area (Å²) in [4.78, 5) is 12.4. The fraction of sp³-hybridized carbons (Fsp3) is 0.350. The van der Waals surface area contributed by atoms with E-state index in [9.17, 15) is 9.90 Å². The van der Waals surface area contributed by atoms with E-state index in [-0.39, 0.29) is 12.5 Å². The molecule has 1 atom stereocenters. The van der Waals surface area contributed by atoms with Gasteiger partial charge in [0.2, 0.25) is 0 Å². The molecule has 1 aliphatic rings. The van der Waals surface area contributed by atoms with Gasteiger partial charge in [-0.05, 0) is 61.1 Å². The minimum absolute atomic E-state index is 0.151. The molecule has 1 amide bonds. The average molecular weight is 325 g/mol. The highest BCUT2D eigenvalue weighted by Crippen LogP contribution is 2.36. The maximum Gasteiger partial charge on any atom is 0.251 e. The van der Waals surface area contributed by atoms with E-state index >= 15 is 0 Å². The second kappa shape index (κ2) is 6.65. The number of methoxy groups -OCH3 is 1. The van der Waals surface area contributed by atoms with Crippen LogP contribution in [0.25, 0.3) is 0 Å². The molecule has 1 unspecified atom stereocenters. The van der Waals surface area contributed by atoms with Crippen molar-refractivity contribution in [1.82, 2.24) is 5.32 Å². The van der Waals surface area contributed by atoms with Crippen LogP contribution < -0.4 is 10.1 Å². The first-order chi connectivity index (χ1) is 11.5. The summed E-state index contributed by atoms with van der Waals surface area (Å²) < 4.78 is 5.27. The lowest BCUT2D eigenvalue weighted by atomic mass is 9.79. The topological polar surface area (TPSA) is 58.6 Å². The average Bonchev–Trinajstić information content (AvgIpc) is 2.60. The van der Waals surface area contributed by atoms with Crippen molar-refractivity contribution in [2.45, 2.75) is 31.8 Å². The predicted octanol–water partition coefficient (Wildman–Crippen LogP) is 2.96. The van der Waals surface area contributed by atoms with Gasteiger partial charge in [0.25, 0.3) is 5.91 Å². The van der Waals surface area contributed by atoms with E-state index in [0.717, 1.165) is 35.3 Å². The molecular formula is C20H23NO3. The van der Waals surface area contributed by atoms with E-state index in [0.29, 0.717) is 12.0 Å². The van der Waals surface area contributed by atoms with Crippen LogP contribution >= 0.6 is 0 Å². The molecule has 0 aliphatic heterocycles. The van der Waals surface area contributed by atoms with Crippen LogP contribution in [-0.2, 0) is 12.0 Å². The van der Waals surface area contributed by atoms with Gasteiger partial charge in [-0.3, -0.25) is 4.79 Å². The summed E-state index contributed by atoms with van der Waals surface area (Å²) in [5, 5.41) is 14.0. The van der Waals surface area contributed by atoms with E-state index < -0.39 is 5.60 Å². The van der Waals surface area contributed by atoms with Gasteiger partial charge in [0.15, 0.2) is 0 Å². The number of aryl methyl sites for hydroxylation is 2. The van der Waals surface area contributed by atoms with Crippen molar-refractivity contribution in [1.29, 1.82) is 0 Å². The molecule has 3 rings (SSSR count). The Bertz CT molecular complexity index is 756. The molecule has 1 aliphatic carbocycles. The van der Waals surface area contributed by atoms with Gasteiger partial charge in [-0.15, -0.1) is 0 Å². The van der Waals surface area contributed by atoms with Crippen LogP contribution in [0.1, 0.15) is 39.9 Å². The Hall–Kier alpha value is -2.33. The fourth-order valence-corrected chi connectivity index (χ4v) is 3.40. The van der Waals surface area contributed by atoms with Crippen molar-refractivity contribution in [3.05, 3.63) is 64.7 Å². The van der Waals surface area contributed by atoms with Gasteiger partial charge < -0.3 is 15.2 Å². The Morgan fingerprint density at radius 2 is 2.08 bits per heavy atom. The predicted molar refractivity (Wildman–Crippen MR) is 93.3 cm³/mol. The zero-order chi connectivity index (χ0) is 17.2. The molecular weight excluding hydrogens is 302 g/mol. The molecule has 0 radical (unpaired) electrons. The van der Waals surface area contributed by atoms with Gasteiger partial charge in [-0.2, -0.15) is 0 Å². The van der Waals surface area contributed by atoms with Crippen molar-refractivity contribution >= 4 is 5.91 Å². The molecule has 0 heterocycles. The number of hydrogen-bond donors (Lipinski definition) is 2. The second-order valence-corrected chi connectivity index (χ2v) is 6.41. The number of amides is 1. The number of benzene rings is 2. The number of rotatable bonds is 4. The smallest absolute Gasteiger partial charge is 0.251 e. The van der Waals surface area contributed by atoms with Crippen LogP contribution in [0.4, 0.5) is 0 Å². The minimum atomic E-state index is -1.03. The number of nitrogens with one attached hydrogen (secondary N) is 1. The van der Waals surface area contributed by atoms with E-state index in [1.165, 1.54) is 0 Å². The van der Waals surface area contributed by atoms with Gasteiger partial charge in [-0.1, -0.05) is 24.3 Å². The molecule has 4 nitrogen and oxygen atoms in total. The third-order valence-corrected chi connectivity index (χ3v) is 4.78. The van der Waals surface area contributed by atoms with Gasteiger partial charge in [0, 0.05) is 5.56 Å². The van der Waals surface area contributed by atoms with E-state index in [4.69, 9.17) is 4.74 Å². The van der Waals surface area contributed by atoms with Gasteiger partial charge in [-0.25, -0.2) is 0 Å². The largest absolute Gasteiger partial charge is 0.497 e. The molecule has 2 aromatic rings. The van der Waals surface area contributed by atoms with Crippen LogP contribution in [0.5, 0.6) is 5.75 Å². The lowest BCUT2D eigenvalue weighted by Crippen LogP contribution is -2.43. The van der Waals surface area contributed by atoms with Gasteiger partial charge in [0.1, 0.15) is 11.4 Å². The highest BCUT2D eigenvalue weighted by molar-refractivity contribution is 5.95. The number of aliphatic hydroxyl groups is 1. The maximum atomic E-state index is 12.4. The lowest BCUT2D eigenvalue weighted by molar-refractivity contribution is 0.0189. The Morgan fingerprint density at radius 3 is 2.83 bits per heavy atom. The first-order valence-electron chi connectivity index (χ1n) is 8.27. The number of hydrogen-bond acceptors (Lipinski definition) is 3.